The maximum absolute atomic E-state index is 13.5. The maximum atomic E-state index is 13.5. The van der Waals surface area contributed by atoms with Crippen LogP contribution in [0.2, 0.25) is 0 Å². The van der Waals surface area contributed by atoms with Crippen LogP contribution >= 0.6 is 0 Å². The topological polar surface area (TPSA) is 46.2 Å². The maximum Gasteiger partial charge on any atom is 0.139 e. The number of nitrogen functional groups attached to an aromatic ring is 1. The Morgan fingerprint density at radius 1 is 0.938 bits per heavy atom. The molecule has 0 atom stereocenters. The highest BCUT2D eigenvalue weighted by atomic mass is 19.1. The van der Waals surface area contributed by atoms with E-state index in [1.807, 2.05) is 0 Å². The molecule has 0 aliphatic heterocycles. The van der Waals surface area contributed by atoms with Gasteiger partial charge in [0.1, 0.15) is 17.4 Å². The fourth-order valence-electron chi connectivity index (χ4n) is 1.46. The highest BCUT2D eigenvalue weighted by Crippen LogP contribution is 2.32. The Hall–Kier alpha value is -2.10. The van der Waals surface area contributed by atoms with Gasteiger partial charge in [-0.2, -0.15) is 0 Å². The van der Waals surface area contributed by atoms with E-state index in [0.29, 0.717) is 0 Å². The van der Waals surface area contributed by atoms with Crippen molar-refractivity contribution in [2.75, 3.05) is 5.73 Å². The molecule has 0 unspecified atom stereocenters. The van der Waals surface area contributed by atoms with Gasteiger partial charge in [-0.1, -0.05) is 18.2 Å². The smallest absolute Gasteiger partial charge is 0.139 e. The molecule has 2 rings (SSSR count). The third-order valence-corrected chi connectivity index (χ3v) is 2.28. The Bertz CT molecular complexity index is 541. The molecule has 4 heteroatoms. The number of aromatic hydroxyl groups is 1. The minimum atomic E-state index is -0.666. The summed E-state index contributed by atoms with van der Waals surface area (Å²) in [6, 6.07) is 7.84. The number of hydrogen-bond donors (Lipinski definition) is 2. The summed E-state index contributed by atoms with van der Waals surface area (Å²) in [7, 11) is 0. The standard InChI is InChI=1S/C12H9F2NO/c13-9-4-2-1-3-7(9)8-5-12(16)11(15)6-10(8)14/h1-6,16H,15H2. The van der Waals surface area contributed by atoms with E-state index in [1.54, 1.807) is 6.07 Å². The molecule has 0 saturated heterocycles. The molecule has 0 heterocycles. The lowest BCUT2D eigenvalue weighted by molar-refractivity contribution is 0.476. The average molecular weight is 221 g/mol. The Balaban J connectivity index is 2.65. The second-order valence-electron chi connectivity index (χ2n) is 3.37. The largest absolute Gasteiger partial charge is 0.506 e. The van der Waals surface area contributed by atoms with Gasteiger partial charge in [0.25, 0.3) is 0 Å². The van der Waals surface area contributed by atoms with Crippen LogP contribution in [0.5, 0.6) is 5.75 Å². The lowest BCUT2D eigenvalue weighted by Crippen LogP contribution is -1.92. The summed E-state index contributed by atoms with van der Waals surface area (Å²) in [6.07, 6.45) is 0. The average Bonchev–Trinajstić information content (AvgIpc) is 2.25. The first-order chi connectivity index (χ1) is 7.59. The molecule has 2 aromatic carbocycles. The normalized spacial score (nSPS) is 10.4. The SMILES string of the molecule is Nc1cc(F)c(-c2ccccc2F)cc1O. The lowest BCUT2D eigenvalue weighted by Gasteiger charge is -2.07. The van der Waals surface area contributed by atoms with Gasteiger partial charge in [-0.25, -0.2) is 8.78 Å². The molecule has 0 aliphatic carbocycles. The summed E-state index contributed by atoms with van der Waals surface area (Å²) in [5, 5.41) is 9.36. The third kappa shape index (κ3) is 1.69. The van der Waals surface area contributed by atoms with Crippen molar-refractivity contribution in [3.8, 4) is 16.9 Å². The van der Waals surface area contributed by atoms with Crippen molar-refractivity contribution in [1.29, 1.82) is 0 Å². The zero-order valence-corrected chi connectivity index (χ0v) is 8.24. The predicted molar refractivity (Wildman–Crippen MR) is 57.9 cm³/mol. The van der Waals surface area contributed by atoms with Gasteiger partial charge in [0, 0.05) is 17.2 Å². The predicted octanol–water partition coefficient (Wildman–Crippen LogP) is 2.92. The van der Waals surface area contributed by atoms with Crippen molar-refractivity contribution < 1.29 is 13.9 Å². The number of rotatable bonds is 1. The van der Waals surface area contributed by atoms with Crippen molar-refractivity contribution in [3.63, 3.8) is 0 Å². The zero-order chi connectivity index (χ0) is 11.7. The summed E-state index contributed by atoms with van der Waals surface area (Å²) >= 11 is 0. The summed E-state index contributed by atoms with van der Waals surface area (Å²) in [6.45, 7) is 0. The van der Waals surface area contributed by atoms with Crippen molar-refractivity contribution >= 4 is 5.69 Å². The van der Waals surface area contributed by atoms with E-state index in [2.05, 4.69) is 0 Å². The van der Waals surface area contributed by atoms with Crippen LogP contribution in [0.1, 0.15) is 0 Å². The highest BCUT2D eigenvalue weighted by molar-refractivity contribution is 5.70. The minimum absolute atomic E-state index is 0.00944. The second-order valence-corrected chi connectivity index (χ2v) is 3.37. The first-order valence-corrected chi connectivity index (χ1v) is 4.62. The highest BCUT2D eigenvalue weighted by Gasteiger charge is 2.12. The van der Waals surface area contributed by atoms with Gasteiger partial charge in [-0.3, -0.25) is 0 Å². The van der Waals surface area contributed by atoms with Crippen molar-refractivity contribution in [2.45, 2.75) is 0 Å². The van der Waals surface area contributed by atoms with Gasteiger partial charge in [-0.15, -0.1) is 0 Å². The summed E-state index contributed by atoms with van der Waals surface area (Å²) < 4.78 is 26.9. The molecule has 0 saturated carbocycles. The quantitative estimate of drug-likeness (QED) is 0.574. The number of nitrogens with two attached hydrogens (primary N) is 1. The van der Waals surface area contributed by atoms with E-state index in [-0.39, 0.29) is 22.6 Å². The lowest BCUT2D eigenvalue weighted by atomic mass is 10.0. The van der Waals surface area contributed by atoms with Crippen LogP contribution in [0.15, 0.2) is 36.4 Å². The zero-order valence-electron chi connectivity index (χ0n) is 8.24. The fourth-order valence-corrected chi connectivity index (χ4v) is 1.46. The van der Waals surface area contributed by atoms with Gasteiger partial charge in [0.15, 0.2) is 0 Å². The second kappa shape index (κ2) is 3.81. The van der Waals surface area contributed by atoms with E-state index in [1.165, 1.54) is 18.2 Å². The van der Waals surface area contributed by atoms with E-state index < -0.39 is 11.6 Å². The first-order valence-electron chi connectivity index (χ1n) is 4.62. The molecule has 0 aromatic heterocycles. The molecule has 2 nitrogen and oxygen atoms in total. The van der Waals surface area contributed by atoms with Crippen LogP contribution in [0.3, 0.4) is 0 Å². The fraction of sp³-hybridized carbons (Fsp3) is 0. The van der Waals surface area contributed by atoms with Gasteiger partial charge < -0.3 is 10.8 Å². The van der Waals surface area contributed by atoms with Crippen LogP contribution in [0.4, 0.5) is 14.5 Å². The van der Waals surface area contributed by atoms with Crippen molar-refractivity contribution in [3.05, 3.63) is 48.0 Å². The molecule has 16 heavy (non-hydrogen) atoms. The summed E-state index contributed by atoms with van der Waals surface area (Å²) in [5.74, 6) is -1.48. The van der Waals surface area contributed by atoms with E-state index >= 15 is 0 Å². The Morgan fingerprint density at radius 3 is 2.31 bits per heavy atom. The van der Waals surface area contributed by atoms with E-state index in [4.69, 9.17) is 5.73 Å². The Labute approximate surface area is 91.0 Å². The molecule has 3 N–H and O–H groups in total. The summed E-state index contributed by atoms with van der Waals surface area (Å²) in [5.41, 5.74) is 5.33. The number of phenolic OH excluding ortho intramolecular Hbond substituents is 1. The molecule has 0 aliphatic rings. The van der Waals surface area contributed by atoms with Crippen LogP contribution in [0.25, 0.3) is 11.1 Å². The molecule has 0 amide bonds. The van der Waals surface area contributed by atoms with Gasteiger partial charge >= 0.3 is 0 Å². The van der Waals surface area contributed by atoms with Crippen LogP contribution < -0.4 is 5.73 Å². The van der Waals surface area contributed by atoms with Gasteiger partial charge in [-0.05, 0) is 12.1 Å². The molecule has 82 valence electrons. The van der Waals surface area contributed by atoms with Crippen molar-refractivity contribution in [2.24, 2.45) is 0 Å². The molecule has 0 fully saturated rings. The van der Waals surface area contributed by atoms with Crippen LogP contribution in [-0.2, 0) is 0 Å². The Kier molecular flexibility index (Phi) is 2.48. The van der Waals surface area contributed by atoms with Gasteiger partial charge in [0.05, 0.1) is 5.69 Å². The molecular formula is C12H9F2NO. The molecule has 0 spiro atoms. The summed E-state index contributed by atoms with van der Waals surface area (Å²) in [4.78, 5) is 0. The number of phenols is 1. The number of benzene rings is 2. The number of hydrogen-bond acceptors (Lipinski definition) is 2. The molecular weight excluding hydrogens is 212 g/mol. The number of anilines is 1. The molecule has 0 radical (unpaired) electrons. The third-order valence-electron chi connectivity index (χ3n) is 2.28. The molecule has 0 bridgehead atoms. The van der Waals surface area contributed by atoms with Crippen LogP contribution in [-0.4, -0.2) is 5.11 Å². The first kappa shape index (κ1) is 10.4. The van der Waals surface area contributed by atoms with E-state index in [9.17, 15) is 13.9 Å². The van der Waals surface area contributed by atoms with E-state index in [0.717, 1.165) is 12.1 Å². The number of halogens is 2. The Morgan fingerprint density at radius 2 is 1.62 bits per heavy atom. The van der Waals surface area contributed by atoms with Gasteiger partial charge in [0.2, 0.25) is 0 Å². The van der Waals surface area contributed by atoms with Crippen LogP contribution in [0, 0.1) is 11.6 Å². The monoisotopic (exact) mass is 221 g/mol. The minimum Gasteiger partial charge on any atom is -0.506 e. The van der Waals surface area contributed by atoms with Crippen molar-refractivity contribution in [1.82, 2.24) is 0 Å². The molecule has 2 aromatic rings.